The van der Waals surface area contributed by atoms with Gasteiger partial charge in [0.25, 0.3) is 0 Å². The van der Waals surface area contributed by atoms with Crippen LogP contribution in [0.1, 0.15) is 18.0 Å². The van der Waals surface area contributed by atoms with Crippen LogP contribution in [0.2, 0.25) is 0 Å². The van der Waals surface area contributed by atoms with Gasteiger partial charge in [-0.2, -0.15) is 0 Å². The number of benzene rings is 1. The molecule has 0 aliphatic rings. The summed E-state index contributed by atoms with van der Waals surface area (Å²) >= 11 is 0. The minimum atomic E-state index is -0.356. The van der Waals surface area contributed by atoms with E-state index in [0.717, 1.165) is 11.1 Å². The molecule has 1 N–H and O–H groups in total. The number of aryl methyl sites for hydroxylation is 1. The van der Waals surface area contributed by atoms with E-state index in [2.05, 4.69) is 4.90 Å². The highest BCUT2D eigenvalue weighted by Crippen LogP contribution is 2.25. The van der Waals surface area contributed by atoms with Gasteiger partial charge >= 0.3 is 5.76 Å². The molecule has 2 rings (SSSR count). The Morgan fingerprint density at radius 3 is 2.78 bits per heavy atom. The van der Waals surface area contributed by atoms with Crippen molar-refractivity contribution in [1.29, 1.82) is 0 Å². The summed E-state index contributed by atoms with van der Waals surface area (Å²) in [5, 5.41) is 9.12. The molecule has 1 atom stereocenters. The van der Waals surface area contributed by atoms with Crippen molar-refractivity contribution < 1.29 is 9.52 Å². The van der Waals surface area contributed by atoms with Crippen LogP contribution in [-0.2, 0) is 7.05 Å². The van der Waals surface area contributed by atoms with Crippen molar-refractivity contribution in [2.24, 2.45) is 7.05 Å². The molecule has 5 nitrogen and oxygen atoms in total. The highest BCUT2D eigenvalue weighted by Gasteiger charge is 2.15. The topological polar surface area (TPSA) is 58.6 Å². The van der Waals surface area contributed by atoms with E-state index in [4.69, 9.17) is 9.52 Å². The number of nitrogens with zero attached hydrogens (tertiary/aromatic N) is 2. The van der Waals surface area contributed by atoms with Crippen molar-refractivity contribution in [3.63, 3.8) is 0 Å². The molecule has 2 aromatic rings. The average Bonchev–Trinajstić information content (AvgIpc) is 2.62. The lowest BCUT2D eigenvalue weighted by Crippen LogP contribution is -2.21. The summed E-state index contributed by atoms with van der Waals surface area (Å²) in [5.41, 5.74) is 2.44. The van der Waals surface area contributed by atoms with Crippen molar-refractivity contribution in [1.82, 2.24) is 9.47 Å². The van der Waals surface area contributed by atoms with E-state index in [0.29, 0.717) is 12.0 Å². The van der Waals surface area contributed by atoms with Crippen molar-refractivity contribution in [3.05, 3.63) is 34.3 Å². The predicted octanol–water partition coefficient (Wildman–Crippen LogP) is 1.12. The van der Waals surface area contributed by atoms with Gasteiger partial charge in [-0.25, -0.2) is 4.79 Å². The smallest absolute Gasteiger partial charge is 0.408 e. The molecule has 0 amide bonds. The Hall–Kier alpha value is -1.59. The van der Waals surface area contributed by atoms with Gasteiger partial charge in [0.2, 0.25) is 0 Å². The Kier molecular flexibility index (Phi) is 3.54. The molecule has 0 bridgehead atoms. The minimum absolute atomic E-state index is 0.129. The first-order valence-corrected chi connectivity index (χ1v) is 5.91. The summed E-state index contributed by atoms with van der Waals surface area (Å²) < 4.78 is 6.59. The van der Waals surface area contributed by atoms with Crippen LogP contribution in [0.25, 0.3) is 11.1 Å². The van der Waals surface area contributed by atoms with Crippen LogP contribution in [0.4, 0.5) is 0 Å². The van der Waals surface area contributed by atoms with E-state index in [1.54, 1.807) is 13.1 Å². The molecular formula is C13H18N2O3. The first-order valence-electron chi connectivity index (χ1n) is 5.91. The van der Waals surface area contributed by atoms with E-state index in [9.17, 15) is 4.79 Å². The van der Waals surface area contributed by atoms with Gasteiger partial charge in [-0.3, -0.25) is 4.57 Å². The third-order valence-corrected chi connectivity index (χ3v) is 3.23. The van der Waals surface area contributed by atoms with Crippen LogP contribution in [0.5, 0.6) is 0 Å². The number of oxazole rings is 1. The zero-order valence-corrected chi connectivity index (χ0v) is 10.9. The highest BCUT2D eigenvalue weighted by atomic mass is 16.4. The molecule has 0 spiro atoms. The molecule has 0 aliphatic heterocycles. The summed E-state index contributed by atoms with van der Waals surface area (Å²) in [4.78, 5) is 13.5. The number of aromatic nitrogens is 1. The van der Waals surface area contributed by atoms with Crippen LogP contribution >= 0.6 is 0 Å². The normalized spacial score (nSPS) is 13.4. The lowest BCUT2D eigenvalue weighted by molar-refractivity contribution is 0.211. The molecule has 0 saturated heterocycles. The summed E-state index contributed by atoms with van der Waals surface area (Å²) in [5.74, 6) is -0.356. The third kappa shape index (κ3) is 2.19. The van der Waals surface area contributed by atoms with Crippen LogP contribution in [0.15, 0.2) is 27.4 Å². The molecule has 98 valence electrons. The second kappa shape index (κ2) is 4.96. The Balaban J connectivity index is 2.51. The van der Waals surface area contributed by atoms with Crippen LogP contribution in [0.3, 0.4) is 0 Å². The number of hydrogen-bond donors (Lipinski definition) is 1. The Morgan fingerprint density at radius 1 is 1.44 bits per heavy atom. The molecule has 1 unspecified atom stereocenters. The molecule has 5 heteroatoms. The van der Waals surface area contributed by atoms with Gasteiger partial charge in [0, 0.05) is 19.7 Å². The summed E-state index contributed by atoms with van der Waals surface area (Å²) in [6.45, 7) is 0.130. The zero-order valence-electron chi connectivity index (χ0n) is 10.9. The van der Waals surface area contributed by atoms with Gasteiger partial charge < -0.3 is 14.4 Å². The predicted molar refractivity (Wildman–Crippen MR) is 69.6 cm³/mol. The SMILES string of the molecule is CN(C)C(CCO)c1ccc2oc(=O)n(C)c2c1. The Morgan fingerprint density at radius 2 is 2.17 bits per heavy atom. The van der Waals surface area contributed by atoms with Gasteiger partial charge in [-0.1, -0.05) is 6.07 Å². The minimum Gasteiger partial charge on any atom is -0.408 e. The summed E-state index contributed by atoms with van der Waals surface area (Å²) in [6, 6.07) is 5.82. The number of fused-ring (bicyclic) bond motifs is 1. The van der Waals surface area contributed by atoms with E-state index in [1.165, 1.54) is 4.57 Å². The van der Waals surface area contributed by atoms with Gasteiger partial charge in [0.15, 0.2) is 5.58 Å². The molecule has 1 heterocycles. The summed E-state index contributed by atoms with van der Waals surface area (Å²) in [6.07, 6.45) is 0.657. The largest absolute Gasteiger partial charge is 0.419 e. The quantitative estimate of drug-likeness (QED) is 0.883. The van der Waals surface area contributed by atoms with Crippen molar-refractivity contribution in [2.75, 3.05) is 20.7 Å². The number of hydrogen-bond acceptors (Lipinski definition) is 4. The zero-order chi connectivity index (χ0) is 13.3. The lowest BCUT2D eigenvalue weighted by Gasteiger charge is -2.24. The lowest BCUT2D eigenvalue weighted by atomic mass is 10.0. The molecule has 0 saturated carbocycles. The maximum Gasteiger partial charge on any atom is 0.419 e. The molecule has 18 heavy (non-hydrogen) atoms. The third-order valence-electron chi connectivity index (χ3n) is 3.23. The standard InChI is InChI=1S/C13H18N2O3/c1-14(2)10(6-7-16)9-4-5-12-11(8-9)15(3)13(17)18-12/h4-5,8,10,16H,6-7H2,1-3H3. The van der Waals surface area contributed by atoms with Crippen LogP contribution in [-0.4, -0.2) is 35.3 Å². The summed E-state index contributed by atoms with van der Waals surface area (Å²) in [7, 11) is 5.63. The Labute approximate surface area is 105 Å². The van der Waals surface area contributed by atoms with E-state index in [-0.39, 0.29) is 18.4 Å². The highest BCUT2D eigenvalue weighted by molar-refractivity contribution is 5.73. The second-order valence-electron chi connectivity index (χ2n) is 4.65. The first kappa shape index (κ1) is 12.9. The molecule has 1 aromatic carbocycles. The number of aliphatic hydroxyl groups is 1. The first-order chi connectivity index (χ1) is 8.54. The van der Waals surface area contributed by atoms with E-state index in [1.807, 2.05) is 26.2 Å². The average molecular weight is 250 g/mol. The van der Waals surface area contributed by atoms with Gasteiger partial charge in [0.1, 0.15) is 0 Å². The molecular weight excluding hydrogens is 232 g/mol. The molecule has 0 radical (unpaired) electrons. The molecule has 0 fully saturated rings. The maximum atomic E-state index is 11.4. The van der Waals surface area contributed by atoms with Crippen LogP contribution < -0.4 is 5.76 Å². The molecule has 1 aromatic heterocycles. The fraction of sp³-hybridized carbons (Fsp3) is 0.462. The van der Waals surface area contributed by atoms with Crippen molar-refractivity contribution in [3.8, 4) is 0 Å². The number of aliphatic hydroxyl groups excluding tert-OH is 1. The monoisotopic (exact) mass is 250 g/mol. The van der Waals surface area contributed by atoms with Crippen molar-refractivity contribution >= 4 is 11.1 Å². The maximum absolute atomic E-state index is 11.4. The van der Waals surface area contributed by atoms with E-state index < -0.39 is 0 Å². The van der Waals surface area contributed by atoms with Gasteiger partial charge in [-0.15, -0.1) is 0 Å². The fourth-order valence-electron chi connectivity index (χ4n) is 2.20. The number of rotatable bonds is 4. The fourth-order valence-corrected chi connectivity index (χ4v) is 2.20. The van der Waals surface area contributed by atoms with Gasteiger partial charge in [0.05, 0.1) is 5.52 Å². The second-order valence-corrected chi connectivity index (χ2v) is 4.65. The van der Waals surface area contributed by atoms with Crippen LogP contribution in [0, 0.1) is 0 Å². The van der Waals surface area contributed by atoms with Crippen molar-refractivity contribution in [2.45, 2.75) is 12.5 Å². The molecule has 0 aliphatic carbocycles. The van der Waals surface area contributed by atoms with E-state index >= 15 is 0 Å². The van der Waals surface area contributed by atoms with Gasteiger partial charge in [-0.05, 0) is 38.2 Å². The Bertz CT molecular complexity index is 598.